The van der Waals surface area contributed by atoms with E-state index in [0.29, 0.717) is 0 Å². The highest BCUT2D eigenvalue weighted by Crippen LogP contribution is 2.40. The minimum Gasteiger partial charge on any atom is -0.458 e. The van der Waals surface area contributed by atoms with E-state index >= 15 is 0 Å². The van der Waals surface area contributed by atoms with Crippen molar-refractivity contribution in [3.05, 3.63) is 11.4 Å². The third-order valence-electron chi connectivity index (χ3n) is 1.61. The maximum atomic E-state index is 12.9. The second-order valence-electron chi connectivity index (χ2n) is 3.07. The molecule has 0 aromatic carbocycles. The van der Waals surface area contributed by atoms with Crippen LogP contribution in [-0.2, 0) is 19.1 Å². The summed E-state index contributed by atoms with van der Waals surface area (Å²) in [5.41, 5.74) is -3.44. The Hall–Kier alpha value is -1.81. The van der Waals surface area contributed by atoms with Gasteiger partial charge in [-0.3, -0.25) is 0 Å². The van der Waals surface area contributed by atoms with Crippen LogP contribution < -0.4 is 0 Å². The lowest BCUT2D eigenvalue weighted by Gasteiger charge is -2.15. The van der Waals surface area contributed by atoms with E-state index in [1.165, 1.54) is 6.92 Å². The zero-order valence-electron chi connectivity index (χ0n) is 9.69. The minimum atomic E-state index is -6.03. The quantitative estimate of drug-likeness (QED) is 0.456. The molecule has 0 saturated carbocycles. The standard InChI is InChI=1S/C9H7F7O4/c1-2-19-6(17)7(18)20-3-4(10)5(8(11,12)13)9(14,15)16/h2-3H2,1H3. The number of halogens is 7. The molecule has 0 radical (unpaired) electrons. The molecule has 0 heterocycles. The third kappa shape index (κ3) is 5.45. The van der Waals surface area contributed by atoms with Crippen molar-refractivity contribution in [2.24, 2.45) is 0 Å². The molecule has 0 N–H and O–H groups in total. The van der Waals surface area contributed by atoms with Crippen LogP contribution in [0.3, 0.4) is 0 Å². The summed E-state index contributed by atoms with van der Waals surface area (Å²) in [6.07, 6.45) is -12.1. The Bertz CT molecular complexity index is 391. The molecule has 0 aliphatic carbocycles. The molecule has 0 aromatic heterocycles. The van der Waals surface area contributed by atoms with E-state index in [0.717, 1.165) is 0 Å². The molecule has 20 heavy (non-hydrogen) atoms. The Morgan fingerprint density at radius 3 is 1.65 bits per heavy atom. The molecular formula is C9H7F7O4. The summed E-state index contributed by atoms with van der Waals surface area (Å²) in [4.78, 5) is 21.4. The predicted octanol–water partition coefficient (Wildman–Crippen LogP) is 2.44. The molecule has 0 atom stereocenters. The molecule has 0 amide bonds. The highest BCUT2D eigenvalue weighted by atomic mass is 19.4. The van der Waals surface area contributed by atoms with E-state index in [-0.39, 0.29) is 6.61 Å². The Balaban J connectivity index is 5.02. The molecule has 0 rings (SSSR count). The number of rotatable bonds is 3. The summed E-state index contributed by atoms with van der Waals surface area (Å²) in [6, 6.07) is 0. The van der Waals surface area contributed by atoms with E-state index in [1.807, 2.05) is 0 Å². The van der Waals surface area contributed by atoms with Crippen LogP contribution in [0.15, 0.2) is 11.4 Å². The number of ether oxygens (including phenoxy) is 2. The fourth-order valence-electron chi connectivity index (χ4n) is 0.918. The predicted molar refractivity (Wildman–Crippen MR) is 47.8 cm³/mol. The maximum absolute atomic E-state index is 12.9. The summed E-state index contributed by atoms with van der Waals surface area (Å²) < 4.78 is 92.7. The lowest BCUT2D eigenvalue weighted by molar-refractivity contribution is -0.176. The topological polar surface area (TPSA) is 52.6 Å². The van der Waals surface area contributed by atoms with Crippen LogP contribution in [0.2, 0.25) is 0 Å². The summed E-state index contributed by atoms with van der Waals surface area (Å²) in [6.45, 7) is -1.01. The molecule has 0 aromatic rings. The van der Waals surface area contributed by atoms with Gasteiger partial charge in [0.25, 0.3) is 0 Å². The first-order valence-corrected chi connectivity index (χ1v) is 4.78. The van der Waals surface area contributed by atoms with Gasteiger partial charge in [0, 0.05) is 0 Å². The van der Waals surface area contributed by atoms with Crippen molar-refractivity contribution in [1.82, 2.24) is 0 Å². The van der Waals surface area contributed by atoms with Crippen LogP contribution in [0.5, 0.6) is 0 Å². The average Bonchev–Trinajstić information content (AvgIpc) is 2.21. The van der Waals surface area contributed by atoms with Gasteiger partial charge in [0.1, 0.15) is 6.61 Å². The van der Waals surface area contributed by atoms with Crippen molar-refractivity contribution >= 4 is 11.9 Å². The molecule has 0 fully saturated rings. The van der Waals surface area contributed by atoms with Gasteiger partial charge in [0.2, 0.25) is 0 Å². The first-order chi connectivity index (χ1) is 8.91. The van der Waals surface area contributed by atoms with Gasteiger partial charge >= 0.3 is 24.3 Å². The lowest BCUT2D eigenvalue weighted by atomic mass is 10.2. The monoisotopic (exact) mass is 312 g/mol. The molecule has 0 saturated heterocycles. The molecule has 0 aliphatic rings. The zero-order valence-corrected chi connectivity index (χ0v) is 9.69. The van der Waals surface area contributed by atoms with Gasteiger partial charge in [-0.1, -0.05) is 0 Å². The van der Waals surface area contributed by atoms with Crippen molar-refractivity contribution in [3.63, 3.8) is 0 Å². The van der Waals surface area contributed by atoms with Crippen LogP contribution in [-0.4, -0.2) is 37.5 Å². The number of esters is 2. The van der Waals surface area contributed by atoms with Crippen LogP contribution in [0.4, 0.5) is 30.7 Å². The molecule has 0 aliphatic heterocycles. The zero-order chi connectivity index (χ0) is 16.1. The fourth-order valence-corrected chi connectivity index (χ4v) is 0.918. The van der Waals surface area contributed by atoms with Gasteiger partial charge in [0.15, 0.2) is 11.4 Å². The van der Waals surface area contributed by atoms with Crippen molar-refractivity contribution in [2.75, 3.05) is 13.2 Å². The van der Waals surface area contributed by atoms with Crippen molar-refractivity contribution < 1.29 is 49.8 Å². The maximum Gasteiger partial charge on any atom is 0.423 e. The summed E-state index contributed by atoms with van der Waals surface area (Å²) >= 11 is 0. The molecular weight excluding hydrogens is 305 g/mol. The van der Waals surface area contributed by atoms with Crippen LogP contribution in [0, 0.1) is 0 Å². The van der Waals surface area contributed by atoms with Crippen LogP contribution >= 0.6 is 0 Å². The number of hydrogen-bond acceptors (Lipinski definition) is 4. The second-order valence-corrected chi connectivity index (χ2v) is 3.07. The van der Waals surface area contributed by atoms with Gasteiger partial charge in [-0.15, -0.1) is 0 Å². The first kappa shape index (κ1) is 18.2. The highest BCUT2D eigenvalue weighted by Gasteiger charge is 2.53. The smallest absolute Gasteiger partial charge is 0.423 e. The summed E-state index contributed by atoms with van der Waals surface area (Å²) in [5.74, 6) is -6.35. The van der Waals surface area contributed by atoms with Gasteiger partial charge in [0.05, 0.1) is 6.61 Å². The minimum absolute atomic E-state index is 0.289. The normalized spacial score (nSPS) is 11.8. The van der Waals surface area contributed by atoms with Crippen LogP contribution in [0.25, 0.3) is 0 Å². The Labute approximate surface area is 107 Å². The number of carbonyl (C=O) groups excluding carboxylic acids is 2. The Morgan fingerprint density at radius 1 is 0.900 bits per heavy atom. The number of allylic oxidation sites excluding steroid dienone is 1. The molecule has 4 nitrogen and oxygen atoms in total. The van der Waals surface area contributed by atoms with E-state index in [2.05, 4.69) is 9.47 Å². The van der Waals surface area contributed by atoms with E-state index < -0.39 is 42.3 Å². The Kier molecular flexibility index (Phi) is 5.97. The summed E-state index contributed by atoms with van der Waals surface area (Å²) in [5, 5.41) is 0. The lowest BCUT2D eigenvalue weighted by Crippen LogP contribution is -2.29. The van der Waals surface area contributed by atoms with Gasteiger partial charge in [-0.25, -0.2) is 14.0 Å². The summed E-state index contributed by atoms with van der Waals surface area (Å²) in [7, 11) is 0. The number of hydrogen-bond donors (Lipinski definition) is 0. The SMILES string of the molecule is CCOC(=O)C(=O)OCC(F)=C(C(F)(F)F)C(F)(F)F. The van der Waals surface area contributed by atoms with Crippen molar-refractivity contribution in [1.29, 1.82) is 0 Å². The number of carbonyl (C=O) groups is 2. The molecule has 0 spiro atoms. The molecule has 11 heteroatoms. The number of alkyl halides is 6. The Morgan fingerprint density at radius 2 is 1.30 bits per heavy atom. The molecule has 0 bridgehead atoms. The fraction of sp³-hybridized carbons (Fsp3) is 0.556. The second kappa shape index (κ2) is 6.57. The van der Waals surface area contributed by atoms with Gasteiger partial charge in [-0.2, -0.15) is 26.3 Å². The van der Waals surface area contributed by atoms with Gasteiger partial charge < -0.3 is 9.47 Å². The van der Waals surface area contributed by atoms with Crippen LogP contribution in [0.1, 0.15) is 6.92 Å². The van der Waals surface area contributed by atoms with E-state index in [4.69, 9.17) is 0 Å². The molecule has 116 valence electrons. The first-order valence-electron chi connectivity index (χ1n) is 4.78. The van der Waals surface area contributed by atoms with E-state index in [9.17, 15) is 40.3 Å². The van der Waals surface area contributed by atoms with E-state index in [1.54, 1.807) is 0 Å². The largest absolute Gasteiger partial charge is 0.458 e. The van der Waals surface area contributed by atoms with Gasteiger partial charge in [-0.05, 0) is 6.92 Å². The third-order valence-corrected chi connectivity index (χ3v) is 1.61. The average molecular weight is 312 g/mol. The molecule has 0 unspecified atom stereocenters. The van der Waals surface area contributed by atoms with Crippen molar-refractivity contribution in [2.45, 2.75) is 19.3 Å². The highest BCUT2D eigenvalue weighted by molar-refractivity contribution is 6.29. The van der Waals surface area contributed by atoms with Crippen molar-refractivity contribution in [3.8, 4) is 0 Å².